The van der Waals surface area contributed by atoms with Crippen LogP contribution in [0.25, 0.3) is 0 Å². The van der Waals surface area contributed by atoms with Crippen molar-refractivity contribution in [1.29, 1.82) is 0 Å². The van der Waals surface area contributed by atoms with Gasteiger partial charge in [0.2, 0.25) is 0 Å². The number of hydrogen-bond acceptors (Lipinski definition) is 1. The first-order valence-corrected chi connectivity index (χ1v) is 9.32. The molecule has 0 unspecified atom stereocenters. The molecule has 0 saturated heterocycles. The Morgan fingerprint density at radius 1 is 1.10 bits per heavy atom. The predicted octanol–water partition coefficient (Wildman–Crippen LogP) is 5.79. The van der Waals surface area contributed by atoms with Crippen LogP contribution in [0.1, 0.15) is 91.9 Å². The zero-order chi connectivity index (χ0) is 14.8. The van der Waals surface area contributed by atoms with Gasteiger partial charge in [-0.3, -0.25) is 0 Å². The molecule has 0 atom stereocenters. The van der Waals surface area contributed by atoms with Crippen molar-refractivity contribution < 1.29 is 0 Å². The first-order chi connectivity index (χ1) is 9.62. The summed E-state index contributed by atoms with van der Waals surface area (Å²) in [6.07, 6.45) is 14.5. The number of hydrogen-bond donors (Lipinski definition) is 1. The molecule has 120 valence electrons. The van der Waals surface area contributed by atoms with Gasteiger partial charge in [-0.2, -0.15) is 0 Å². The molecule has 0 heterocycles. The molecule has 1 saturated carbocycles. The Morgan fingerprint density at radius 3 is 2.35 bits per heavy atom. The van der Waals surface area contributed by atoms with E-state index >= 15 is 0 Å². The van der Waals surface area contributed by atoms with E-state index in [9.17, 15) is 0 Å². The third-order valence-electron chi connectivity index (χ3n) is 5.37. The summed E-state index contributed by atoms with van der Waals surface area (Å²) in [7, 11) is 0. The first kappa shape index (κ1) is 18.0. The Hall–Kier alpha value is -0.0400. The lowest BCUT2D eigenvalue weighted by molar-refractivity contribution is 0.123. The highest BCUT2D eigenvalue weighted by Crippen LogP contribution is 2.43. The van der Waals surface area contributed by atoms with Gasteiger partial charge in [0.1, 0.15) is 0 Å². The van der Waals surface area contributed by atoms with E-state index in [2.05, 4.69) is 33.0 Å². The van der Waals surface area contributed by atoms with E-state index in [-0.39, 0.29) is 0 Å². The van der Waals surface area contributed by atoms with Gasteiger partial charge in [-0.15, -0.1) is 0 Å². The summed E-state index contributed by atoms with van der Waals surface area (Å²) >= 11 is 0. The minimum absolute atomic E-state index is 0.633. The third kappa shape index (κ3) is 6.61. The molecule has 0 bridgehead atoms. The maximum absolute atomic E-state index is 3.65. The Labute approximate surface area is 128 Å². The van der Waals surface area contributed by atoms with E-state index in [1.165, 1.54) is 70.8 Å². The van der Waals surface area contributed by atoms with Gasteiger partial charge < -0.3 is 5.32 Å². The molecule has 0 aromatic carbocycles. The molecule has 1 rings (SSSR count). The standard InChI is InChI=1S/C19H39N/c1-5-7-10-18-11-14-19(15-12-18,16-20-6-2)13-8-9-17(3)4/h17-18,20H,5-16H2,1-4H3. The van der Waals surface area contributed by atoms with Gasteiger partial charge in [0.05, 0.1) is 0 Å². The van der Waals surface area contributed by atoms with Crippen LogP contribution in [0.3, 0.4) is 0 Å². The van der Waals surface area contributed by atoms with Crippen molar-refractivity contribution in [2.45, 2.75) is 91.9 Å². The lowest BCUT2D eigenvalue weighted by atomic mass is 9.67. The van der Waals surface area contributed by atoms with Crippen LogP contribution in [0.5, 0.6) is 0 Å². The van der Waals surface area contributed by atoms with E-state index in [0.29, 0.717) is 5.41 Å². The molecule has 20 heavy (non-hydrogen) atoms. The van der Waals surface area contributed by atoms with Crippen LogP contribution < -0.4 is 5.32 Å². The monoisotopic (exact) mass is 281 g/mol. The average molecular weight is 282 g/mol. The summed E-state index contributed by atoms with van der Waals surface area (Å²) in [5.74, 6) is 1.90. The van der Waals surface area contributed by atoms with Crippen LogP contribution in [0.4, 0.5) is 0 Å². The summed E-state index contributed by atoms with van der Waals surface area (Å²) < 4.78 is 0. The number of unbranched alkanes of at least 4 members (excludes halogenated alkanes) is 1. The van der Waals surface area contributed by atoms with Crippen molar-refractivity contribution in [2.24, 2.45) is 17.3 Å². The molecule has 1 nitrogen and oxygen atoms in total. The molecule has 0 spiro atoms. The zero-order valence-corrected chi connectivity index (χ0v) is 14.6. The lowest BCUT2D eigenvalue weighted by Crippen LogP contribution is -2.37. The lowest BCUT2D eigenvalue weighted by Gasteiger charge is -2.41. The summed E-state index contributed by atoms with van der Waals surface area (Å²) in [5.41, 5.74) is 0.633. The number of rotatable bonds is 10. The van der Waals surface area contributed by atoms with Crippen molar-refractivity contribution in [3.05, 3.63) is 0 Å². The van der Waals surface area contributed by atoms with Crippen LogP contribution in [0.15, 0.2) is 0 Å². The highest BCUT2D eigenvalue weighted by atomic mass is 14.9. The van der Waals surface area contributed by atoms with E-state index < -0.39 is 0 Å². The van der Waals surface area contributed by atoms with Gasteiger partial charge in [-0.1, -0.05) is 59.8 Å². The fourth-order valence-corrected chi connectivity index (χ4v) is 3.86. The minimum Gasteiger partial charge on any atom is -0.316 e. The van der Waals surface area contributed by atoms with E-state index in [1.807, 2.05) is 0 Å². The molecule has 0 aliphatic heterocycles. The van der Waals surface area contributed by atoms with Crippen molar-refractivity contribution >= 4 is 0 Å². The Morgan fingerprint density at radius 2 is 1.80 bits per heavy atom. The van der Waals surface area contributed by atoms with Crippen molar-refractivity contribution in [3.63, 3.8) is 0 Å². The average Bonchev–Trinajstić information content (AvgIpc) is 2.44. The third-order valence-corrected chi connectivity index (χ3v) is 5.37. The second kappa shape index (κ2) is 9.82. The van der Waals surface area contributed by atoms with Gasteiger partial charge in [0, 0.05) is 6.54 Å². The molecule has 0 radical (unpaired) electrons. The Balaban J connectivity index is 2.40. The van der Waals surface area contributed by atoms with Crippen molar-refractivity contribution in [3.8, 4) is 0 Å². The molecular weight excluding hydrogens is 242 g/mol. The van der Waals surface area contributed by atoms with Gasteiger partial charge >= 0.3 is 0 Å². The summed E-state index contributed by atoms with van der Waals surface area (Å²) in [5, 5.41) is 3.65. The molecule has 0 aromatic heterocycles. The zero-order valence-electron chi connectivity index (χ0n) is 14.6. The number of nitrogens with one attached hydrogen (secondary N) is 1. The summed E-state index contributed by atoms with van der Waals surface area (Å²) in [4.78, 5) is 0. The molecule has 1 aliphatic carbocycles. The normalized spacial score (nSPS) is 27.1. The van der Waals surface area contributed by atoms with Crippen LogP contribution in [-0.2, 0) is 0 Å². The molecule has 1 fully saturated rings. The molecule has 1 heteroatoms. The summed E-state index contributed by atoms with van der Waals surface area (Å²) in [6, 6.07) is 0. The van der Waals surface area contributed by atoms with Crippen molar-refractivity contribution in [2.75, 3.05) is 13.1 Å². The highest BCUT2D eigenvalue weighted by molar-refractivity contribution is 4.87. The topological polar surface area (TPSA) is 12.0 Å². The van der Waals surface area contributed by atoms with Crippen LogP contribution in [0, 0.1) is 17.3 Å². The molecule has 0 aromatic rings. The second-order valence-electron chi connectivity index (χ2n) is 7.65. The first-order valence-electron chi connectivity index (χ1n) is 9.32. The second-order valence-corrected chi connectivity index (χ2v) is 7.65. The molecule has 1 N–H and O–H groups in total. The molecule has 1 aliphatic rings. The largest absolute Gasteiger partial charge is 0.316 e. The van der Waals surface area contributed by atoms with Crippen LogP contribution in [-0.4, -0.2) is 13.1 Å². The Bertz CT molecular complexity index is 226. The minimum atomic E-state index is 0.633. The van der Waals surface area contributed by atoms with Crippen LogP contribution in [0.2, 0.25) is 0 Å². The van der Waals surface area contributed by atoms with Gasteiger partial charge in [0.15, 0.2) is 0 Å². The summed E-state index contributed by atoms with van der Waals surface area (Å²) in [6.45, 7) is 11.7. The maximum Gasteiger partial charge on any atom is 0.000769 e. The fraction of sp³-hybridized carbons (Fsp3) is 1.00. The smallest absolute Gasteiger partial charge is 0.000769 e. The van der Waals surface area contributed by atoms with Gasteiger partial charge in [0.25, 0.3) is 0 Å². The van der Waals surface area contributed by atoms with E-state index in [1.54, 1.807) is 0 Å². The van der Waals surface area contributed by atoms with Gasteiger partial charge in [-0.25, -0.2) is 0 Å². The van der Waals surface area contributed by atoms with Crippen LogP contribution >= 0.6 is 0 Å². The predicted molar refractivity (Wildman–Crippen MR) is 91.1 cm³/mol. The highest BCUT2D eigenvalue weighted by Gasteiger charge is 2.34. The Kier molecular flexibility index (Phi) is 8.84. The van der Waals surface area contributed by atoms with E-state index in [0.717, 1.165) is 18.4 Å². The maximum atomic E-state index is 3.65. The quantitative estimate of drug-likeness (QED) is 0.534. The molecular formula is C19H39N. The van der Waals surface area contributed by atoms with E-state index in [4.69, 9.17) is 0 Å². The fourth-order valence-electron chi connectivity index (χ4n) is 3.86. The van der Waals surface area contributed by atoms with Gasteiger partial charge in [-0.05, 0) is 55.9 Å². The van der Waals surface area contributed by atoms with Crippen molar-refractivity contribution in [1.82, 2.24) is 5.32 Å². The molecule has 0 amide bonds. The SMILES string of the molecule is CCCCC1CCC(CCCC(C)C)(CNCC)CC1.